The molecule has 6 aromatic carbocycles. The van der Waals surface area contributed by atoms with Crippen LogP contribution in [0.2, 0.25) is 0 Å². The Morgan fingerprint density at radius 3 is 1.87 bits per heavy atom. The van der Waals surface area contributed by atoms with E-state index in [1.807, 2.05) is 6.07 Å². The molecule has 6 aromatic rings. The molecule has 7 rings (SSSR count). The van der Waals surface area contributed by atoms with E-state index in [0.29, 0.717) is 0 Å². The summed E-state index contributed by atoms with van der Waals surface area (Å²) < 4.78 is 6.41. The Labute approximate surface area is 224 Å². The van der Waals surface area contributed by atoms with Gasteiger partial charge in [-0.1, -0.05) is 129 Å². The van der Waals surface area contributed by atoms with Crippen LogP contribution in [-0.2, 0) is 5.41 Å². The van der Waals surface area contributed by atoms with Gasteiger partial charge in [0.15, 0.2) is 0 Å². The second-order valence-corrected chi connectivity index (χ2v) is 10.6. The van der Waals surface area contributed by atoms with Gasteiger partial charge >= 0.3 is 0 Å². The highest BCUT2D eigenvalue weighted by Crippen LogP contribution is 2.48. The molecule has 0 fully saturated rings. The zero-order chi connectivity index (χ0) is 25.7. The molecule has 0 aliphatic carbocycles. The molecule has 1 aliphatic heterocycles. The van der Waals surface area contributed by atoms with Gasteiger partial charge in [0.2, 0.25) is 0 Å². The average molecular weight is 489 g/mol. The van der Waals surface area contributed by atoms with Gasteiger partial charge < -0.3 is 4.74 Å². The van der Waals surface area contributed by atoms with E-state index >= 15 is 0 Å². The molecule has 0 spiro atoms. The summed E-state index contributed by atoms with van der Waals surface area (Å²) >= 11 is 0. The molecule has 0 saturated heterocycles. The standard InChI is InChI=1S/C37H28O/c1-37(2)32-19-6-7-20-34(32)38-35-24-28(21-22-33(35)37)27-15-8-16-29(23-27)31-18-10-14-26-13-9-17-30(36(26)31)25-11-4-3-5-12-25/h3-24H,1-2H3. The lowest BCUT2D eigenvalue weighted by molar-refractivity contribution is 0.418. The summed E-state index contributed by atoms with van der Waals surface area (Å²) in [5.41, 5.74) is 9.62. The molecule has 0 saturated carbocycles. The normalized spacial score (nSPS) is 13.4. The summed E-state index contributed by atoms with van der Waals surface area (Å²) in [6, 6.07) is 47.8. The number of benzene rings is 6. The van der Waals surface area contributed by atoms with Gasteiger partial charge in [-0.05, 0) is 62.4 Å². The van der Waals surface area contributed by atoms with Gasteiger partial charge in [-0.2, -0.15) is 0 Å². The van der Waals surface area contributed by atoms with Crippen LogP contribution in [0.4, 0.5) is 0 Å². The van der Waals surface area contributed by atoms with Gasteiger partial charge in [-0.3, -0.25) is 0 Å². The van der Waals surface area contributed by atoms with Crippen molar-refractivity contribution in [2.75, 3.05) is 0 Å². The summed E-state index contributed by atoms with van der Waals surface area (Å²) in [5, 5.41) is 2.53. The molecule has 1 heterocycles. The predicted molar refractivity (Wildman–Crippen MR) is 159 cm³/mol. The maximum absolute atomic E-state index is 6.41. The van der Waals surface area contributed by atoms with Gasteiger partial charge in [-0.15, -0.1) is 0 Å². The highest BCUT2D eigenvalue weighted by molar-refractivity contribution is 6.06. The molecule has 1 nitrogen and oxygen atoms in total. The molecule has 1 aliphatic rings. The first-order chi connectivity index (χ1) is 18.6. The Morgan fingerprint density at radius 1 is 0.447 bits per heavy atom. The first kappa shape index (κ1) is 22.6. The number of fused-ring (bicyclic) bond motifs is 3. The third-order valence-corrected chi connectivity index (χ3v) is 7.93. The maximum atomic E-state index is 6.41. The minimum Gasteiger partial charge on any atom is -0.457 e. The van der Waals surface area contributed by atoms with Gasteiger partial charge in [0.25, 0.3) is 0 Å². The van der Waals surface area contributed by atoms with Crippen molar-refractivity contribution < 1.29 is 4.74 Å². The topological polar surface area (TPSA) is 9.23 Å². The zero-order valence-electron chi connectivity index (χ0n) is 21.6. The fourth-order valence-corrected chi connectivity index (χ4v) is 5.94. The molecular formula is C37H28O. The van der Waals surface area contributed by atoms with Crippen LogP contribution in [0.15, 0.2) is 133 Å². The molecule has 0 amide bonds. The Bertz CT molecular complexity index is 1810. The van der Waals surface area contributed by atoms with Crippen LogP contribution < -0.4 is 4.74 Å². The molecule has 0 aromatic heterocycles. The van der Waals surface area contributed by atoms with Crippen LogP contribution >= 0.6 is 0 Å². The fraction of sp³-hybridized carbons (Fsp3) is 0.0811. The van der Waals surface area contributed by atoms with E-state index in [1.165, 1.54) is 49.7 Å². The zero-order valence-corrected chi connectivity index (χ0v) is 21.6. The van der Waals surface area contributed by atoms with E-state index in [1.54, 1.807) is 0 Å². The van der Waals surface area contributed by atoms with Crippen molar-refractivity contribution in [2.24, 2.45) is 0 Å². The second kappa shape index (κ2) is 8.75. The lowest BCUT2D eigenvalue weighted by Gasteiger charge is -2.34. The Balaban J connectivity index is 1.35. The largest absolute Gasteiger partial charge is 0.457 e. The summed E-state index contributed by atoms with van der Waals surface area (Å²) in [7, 11) is 0. The molecule has 182 valence electrons. The van der Waals surface area contributed by atoms with Crippen molar-refractivity contribution in [1.82, 2.24) is 0 Å². The summed E-state index contributed by atoms with van der Waals surface area (Å²) in [4.78, 5) is 0. The van der Waals surface area contributed by atoms with Crippen LogP contribution in [0.1, 0.15) is 25.0 Å². The molecule has 0 atom stereocenters. The Hall–Kier alpha value is -4.62. The molecule has 38 heavy (non-hydrogen) atoms. The summed E-state index contributed by atoms with van der Waals surface area (Å²) in [6.07, 6.45) is 0. The van der Waals surface area contributed by atoms with E-state index < -0.39 is 0 Å². The highest BCUT2D eigenvalue weighted by Gasteiger charge is 2.34. The quantitative estimate of drug-likeness (QED) is 0.241. The Morgan fingerprint density at radius 2 is 1.05 bits per heavy atom. The first-order valence-electron chi connectivity index (χ1n) is 13.2. The molecule has 0 bridgehead atoms. The maximum Gasteiger partial charge on any atom is 0.132 e. The van der Waals surface area contributed by atoms with Crippen LogP contribution in [0, 0.1) is 0 Å². The van der Waals surface area contributed by atoms with Crippen LogP contribution in [0.5, 0.6) is 11.5 Å². The van der Waals surface area contributed by atoms with E-state index in [4.69, 9.17) is 4.74 Å². The predicted octanol–water partition coefficient (Wildman–Crippen LogP) is 10.3. The van der Waals surface area contributed by atoms with Crippen LogP contribution in [-0.4, -0.2) is 0 Å². The molecule has 0 unspecified atom stereocenters. The van der Waals surface area contributed by atoms with Gasteiger partial charge in [0.05, 0.1) is 0 Å². The van der Waals surface area contributed by atoms with Crippen molar-refractivity contribution in [1.29, 1.82) is 0 Å². The molecule has 1 heteroatoms. The number of hydrogen-bond acceptors (Lipinski definition) is 1. The lowest BCUT2D eigenvalue weighted by Crippen LogP contribution is -2.24. The van der Waals surface area contributed by atoms with Gasteiger partial charge in [-0.25, -0.2) is 0 Å². The van der Waals surface area contributed by atoms with Gasteiger partial charge in [0.1, 0.15) is 11.5 Å². The lowest BCUT2D eigenvalue weighted by atomic mass is 9.75. The number of rotatable bonds is 3. The minimum atomic E-state index is -0.110. The highest BCUT2D eigenvalue weighted by atomic mass is 16.5. The molecular weight excluding hydrogens is 460 g/mol. The number of hydrogen-bond donors (Lipinski definition) is 0. The van der Waals surface area contributed by atoms with Crippen LogP contribution in [0.3, 0.4) is 0 Å². The monoisotopic (exact) mass is 488 g/mol. The van der Waals surface area contributed by atoms with Crippen molar-refractivity contribution >= 4 is 10.8 Å². The first-order valence-corrected chi connectivity index (χ1v) is 13.2. The van der Waals surface area contributed by atoms with Crippen molar-refractivity contribution in [3.05, 3.63) is 145 Å². The molecule has 0 N–H and O–H groups in total. The Kier molecular flexibility index (Phi) is 5.19. The second-order valence-electron chi connectivity index (χ2n) is 10.6. The summed E-state index contributed by atoms with van der Waals surface area (Å²) in [6.45, 7) is 4.55. The average Bonchev–Trinajstić information content (AvgIpc) is 2.97. The molecule has 0 radical (unpaired) electrons. The number of ether oxygens (including phenoxy) is 1. The third kappa shape index (κ3) is 3.63. The van der Waals surface area contributed by atoms with E-state index in [-0.39, 0.29) is 5.41 Å². The smallest absolute Gasteiger partial charge is 0.132 e. The number of para-hydroxylation sites is 1. The third-order valence-electron chi connectivity index (χ3n) is 7.93. The minimum absolute atomic E-state index is 0.110. The van der Waals surface area contributed by atoms with Gasteiger partial charge in [0, 0.05) is 16.5 Å². The van der Waals surface area contributed by atoms with Crippen LogP contribution in [0.25, 0.3) is 44.2 Å². The van der Waals surface area contributed by atoms with Crippen molar-refractivity contribution in [3.8, 4) is 44.9 Å². The van der Waals surface area contributed by atoms with E-state index in [2.05, 4.69) is 141 Å². The van der Waals surface area contributed by atoms with E-state index in [9.17, 15) is 0 Å². The van der Waals surface area contributed by atoms with Crippen molar-refractivity contribution in [3.63, 3.8) is 0 Å². The van der Waals surface area contributed by atoms with E-state index in [0.717, 1.165) is 17.1 Å². The SMILES string of the molecule is CC1(C)c2ccccc2Oc2cc(-c3cccc(-c4cccc5cccc(-c6ccccc6)c45)c3)ccc21. The fourth-order valence-electron chi connectivity index (χ4n) is 5.94. The summed E-state index contributed by atoms with van der Waals surface area (Å²) in [5.74, 6) is 1.88. The van der Waals surface area contributed by atoms with Crippen molar-refractivity contribution in [2.45, 2.75) is 19.3 Å².